The molecule has 3 aromatic heterocycles. The topological polar surface area (TPSA) is 111 Å². The van der Waals surface area contributed by atoms with Gasteiger partial charge in [-0.15, -0.1) is 0 Å². The maximum absolute atomic E-state index is 14.1. The van der Waals surface area contributed by atoms with E-state index < -0.39 is 11.9 Å². The number of ether oxygens (including phenoxy) is 1. The largest absolute Gasteiger partial charge is 0.467 e. The Bertz CT molecular complexity index is 1310. The third kappa shape index (κ3) is 4.90. The number of likely N-dealkylation sites (N-methyl/N-ethyl adjacent to an activating group) is 1. The van der Waals surface area contributed by atoms with E-state index in [4.69, 9.17) is 10.5 Å². The summed E-state index contributed by atoms with van der Waals surface area (Å²) in [6.07, 6.45) is 5.88. The first-order valence-corrected chi connectivity index (χ1v) is 11.3. The van der Waals surface area contributed by atoms with Gasteiger partial charge in [0.15, 0.2) is 5.82 Å². The number of rotatable bonds is 6. The van der Waals surface area contributed by atoms with Crippen LogP contribution >= 0.6 is 0 Å². The Hall–Kier alpha value is -4.12. The molecule has 1 fully saturated rings. The van der Waals surface area contributed by atoms with Gasteiger partial charge in [-0.25, -0.2) is 19.3 Å². The zero-order chi connectivity index (χ0) is 24.4. The molecule has 180 valence electrons. The Morgan fingerprint density at radius 1 is 1.00 bits per heavy atom. The summed E-state index contributed by atoms with van der Waals surface area (Å²) in [5.41, 5.74) is 8.69. The van der Waals surface area contributed by atoms with Crippen LogP contribution in [0.25, 0.3) is 16.9 Å². The van der Waals surface area contributed by atoms with E-state index >= 15 is 0 Å². The first-order valence-electron chi connectivity index (χ1n) is 11.3. The van der Waals surface area contributed by atoms with Crippen molar-refractivity contribution in [2.75, 3.05) is 43.9 Å². The molecule has 1 atom stereocenters. The smallest absolute Gasteiger partial charge is 0.258 e. The average molecular weight is 476 g/mol. The van der Waals surface area contributed by atoms with Crippen molar-refractivity contribution in [3.8, 4) is 22.8 Å². The highest BCUT2D eigenvalue weighted by molar-refractivity contribution is 5.64. The number of pyridine rings is 1. The van der Waals surface area contributed by atoms with Crippen molar-refractivity contribution in [3.05, 3.63) is 66.5 Å². The Balaban J connectivity index is 1.41. The lowest BCUT2D eigenvalue weighted by Gasteiger charge is -2.33. The summed E-state index contributed by atoms with van der Waals surface area (Å²) in [7, 11) is 2.12. The second-order valence-corrected chi connectivity index (χ2v) is 8.42. The maximum atomic E-state index is 14.1. The molecule has 1 saturated heterocycles. The van der Waals surface area contributed by atoms with Crippen molar-refractivity contribution < 1.29 is 9.13 Å². The number of hydrogen-bond donors (Lipinski definition) is 1. The number of nitrogens with zero attached hydrogens (tertiary/aromatic N) is 8. The number of aromatic nitrogens is 6. The Morgan fingerprint density at radius 3 is 2.54 bits per heavy atom. The van der Waals surface area contributed by atoms with E-state index in [1.165, 1.54) is 16.9 Å². The monoisotopic (exact) mass is 475 g/mol. The van der Waals surface area contributed by atoms with Crippen LogP contribution in [0.4, 0.5) is 16.0 Å². The van der Waals surface area contributed by atoms with Crippen LogP contribution in [0.5, 0.6) is 5.88 Å². The summed E-state index contributed by atoms with van der Waals surface area (Å²) >= 11 is 0. The van der Waals surface area contributed by atoms with Crippen molar-refractivity contribution in [2.24, 2.45) is 0 Å². The number of benzene rings is 1. The highest BCUT2D eigenvalue weighted by Crippen LogP contribution is 2.30. The molecule has 0 radical (unpaired) electrons. The molecule has 1 aliphatic heterocycles. The van der Waals surface area contributed by atoms with Crippen LogP contribution in [0.15, 0.2) is 55.1 Å². The van der Waals surface area contributed by atoms with Crippen LogP contribution in [0.2, 0.25) is 0 Å². The van der Waals surface area contributed by atoms with E-state index in [2.05, 4.69) is 42.0 Å². The molecular formula is C24H26FN9O. The van der Waals surface area contributed by atoms with Gasteiger partial charge in [0, 0.05) is 43.5 Å². The number of hydrogen-bond acceptors (Lipinski definition) is 9. The third-order valence-electron chi connectivity index (χ3n) is 5.99. The fraction of sp³-hybridized carbons (Fsp3) is 0.292. The van der Waals surface area contributed by atoms with E-state index in [-0.39, 0.29) is 11.7 Å². The van der Waals surface area contributed by atoms with Crippen LogP contribution < -0.4 is 15.4 Å². The predicted octanol–water partition coefficient (Wildman–Crippen LogP) is 2.73. The summed E-state index contributed by atoms with van der Waals surface area (Å²) in [5, 5.41) is 8.30. The number of halogens is 1. The van der Waals surface area contributed by atoms with Crippen molar-refractivity contribution in [2.45, 2.75) is 13.0 Å². The standard InChI is InChI=1S/C24H26FN9O/c1-16(19-14-18(25)3-4-21(19)34-29-7-8-30-34)35-24-23(26)28-15-20(31-24)17-5-6-27-22(13-17)33-11-9-32(2)10-12-33/h3-8,13-16H,9-12H2,1-2H3,(H2,26,28)/t16-/m1/s1. The average Bonchev–Trinajstić information content (AvgIpc) is 3.41. The molecule has 0 unspecified atom stereocenters. The number of piperazine rings is 1. The Morgan fingerprint density at radius 2 is 1.77 bits per heavy atom. The van der Waals surface area contributed by atoms with Gasteiger partial charge >= 0.3 is 0 Å². The van der Waals surface area contributed by atoms with Gasteiger partial charge in [0.25, 0.3) is 5.88 Å². The molecule has 11 heteroatoms. The van der Waals surface area contributed by atoms with Gasteiger partial charge in [0.05, 0.1) is 30.0 Å². The van der Waals surface area contributed by atoms with Gasteiger partial charge in [0.1, 0.15) is 17.7 Å². The fourth-order valence-corrected chi connectivity index (χ4v) is 4.00. The number of nitrogen functional groups attached to an aromatic ring is 1. The van der Waals surface area contributed by atoms with Gasteiger partial charge in [-0.05, 0) is 44.3 Å². The molecule has 0 amide bonds. The minimum absolute atomic E-state index is 0.143. The molecule has 4 heterocycles. The van der Waals surface area contributed by atoms with Crippen LogP contribution in [0, 0.1) is 5.82 Å². The second-order valence-electron chi connectivity index (χ2n) is 8.42. The number of nitrogens with two attached hydrogens (primary N) is 1. The first-order chi connectivity index (χ1) is 17.0. The molecule has 2 N–H and O–H groups in total. The summed E-state index contributed by atoms with van der Waals surface area (Å²) < 4.78 is 20.2. The molecule has 0 spiro atoms. The van der Waals surface area contributed by atoms with Crippen LogP contribution in [0.3, 0.4) is 0 Å². The molecule has 4 aromatic rings. The lowest BCUT2D eigenvalue weighted by Crippen LogP contribution is -2.44. The molecule has 10 nitrogen and oxygen atoms in total. The molecule has 1 aromatic carbocycles. The lowest BCUT2D eigenvalue weighted by molar-refractivity contribution is 0.217. The van der Waals surface area contributed by atoms with Gasteiger partial charge in [-0.3, -0.25) is 0 Å². The van der Waals surface area contributed by atoms with E-state index in [9.17, 15) is 4.39 Å². The minimum Gasteiger partial charge on any atom is -0.467 e. The minimum atomic E-state index is -0.600. The van der Waals surface area contributed by atoms with E-state index in [1.54, 1.807) is 37.8 Å². The second kappa shape index (κ2) is 9.63. The van der Waals surface area contributed by atoms with Crippen LogP contribution in [0.1, 0.15) is 18.6 Å². The molecule has 35 heavy (non-hydrogen) atoms. The van der Waals surface area contributed by atoms with E-state index in [0.29, 0.717) is 16.9 Å². The first kappa shape index (κ1) is 22.7. The Labute approximate surface area is 202 Å². The summed E-state index contributed by atoms with van der Waals surface area (Å²) in [4.78, 5) is 19.4. The van der Waals surface area contributed by atoms with E-state index in [1.807, 2.05) is 12.1 Å². The van der Waals surface area contributed by atoms with Gasteiger partial charge in [0.2, 0.25) is 0 Å². The lowest BCUT2D eigenvalue weighted by atomic mass is 10.1. The van der Waals surface area contributed by atoms with Crippen LogP contribution in [-0.2, 0) is 0 Å². The summed E-state index contributed by atoms with van der Waals surface area (Å²) in [6.45, 7) is 5.58. The van der Waals surface area contributed by atoms with Gasteiger partial charge < -0.3 is 20.3 Å². The zero-order valence-corrected chi connectivity index (χ0v) is 19.5. The van der Waals surface area contributed by atoms with Crippen molar-refractivity contribution in [3.63, 3.8) is 0 Å². The molecule has 0 bridgehead atoms. The van der Waals surface area contributed by atoms with E-state index in [0.717, 1.165) is 37.6 Å². The normalized spacial score (nSPS) is 15.2. The molecular weight excluding hydrogens is 449 g/mol. The SMILES string of the molecule is C[C@@H](Oc1nc(-c2ccnc(N3CCN(C)CC3)c2)cnc1N)c1cc(F)ccc1-n1nccn1. The molecule has 5 rings (SSSR count). The maximum Gasteiger partial charge on any atom is 0.258 e. The summed E-state index contributed by atoms with van der Waals surface area (Å²) in [5.74, 6) is 0.800. The highest BCUT2D eigenvalue weighted by atomic mass is 19.1. The van der Waals surface area contributed by atoms with Gasteiger partial charge in [-0.2, -0.15) is 15.0 Å². The van der Waals surface area contributed by atoms with Crippen LogP contribution in [-0.4, -0.2) is 68.1 Å². The fourth-order valence-electron chi connectivity index (χ4n) is 4.00. The number of anilines is 2. The molecule has 1 aliphatic rings. The van der Waals surface area contributed by atoms with Gasteiger partial charge in [-0.1, -0.05) is 0 Å². The van der Waals surface area contributed by atoms with Crippen molar-refractivity contribution in [1.82, 2.24) is 34.8 Å². The zero-order valence-electron chi connectivity index (χ0n) is 19.5. The predicted molar refractivity (Wildman–Crippen MR) is 130 cm³/mol. The Kier molecular flexibility index (Phi) is 6.23. The summed E-state index contributed by atoms with van der Waals surface area (Å²) in [6, 6.07) is 8.22. The third-order valence-corrected chi connectivity index (χ3v) is 5.99. The van der Waals surface area contributed by atoms with Crippen molar-refractivity contribution >= 4 is 11.6 Å². The molecule has 0 saturated carbocycles. The molecule has 0 aliphatic carbocycles. The van der Waals surface area contributed by atoms with Crippen molar-refractivity contribution in [1.29, 1.82) is 0 Å². The quantitative estimate of drug-likeness (QED) is 0.450. The highest BCUT2D eigenvalue weighted by Gasteiger charge is 2.20.